The molecule has 0 radical (unpaired) electrons. The number of nitrogens with two attached hydrogens (primary N) is 1. The van der Waals surface area contributed by atoms with Crippen molar-refractivity contribution in [3.05, 3.63) is 35.8 Å². The van der Waals surface area contributed by atoms with Crippen molar-refractivity contribution < 1.29 is 17.4 Å². The Morgan fingerprint density at radius 1 is 1.32 bits per heavy atom. The molecule has 1 atom stereocenters. The highest BCUT2D eigenvalue weighted by molar-refractivity contribution is 7.99. The van der Waals surface area contributed by atoms with Crippen molar-refractivity contribution in [2.24, 2.45) is 9.36 Å². The lowest BCUT2D eigenvalue weighted by Crippen LogP contribution is -2.15. The van der Waals surface area contributed by atoms with Gasteiger partial charge in [-0.1, -0.05) is 6.92 Å². The number of thioether (sulfide) groups is 1. The molecular weight excluding hydrogens is 413 g/mol. The number of alkyl halides is 3. The van der Waals surface area contributed by atoms with E-state index in [9.17, 15) is 17.4 Å². The molecule has 0 spiro atoms. The molecule has 0 aromatic carbocycles. The molecule has 0 fully saturated rings. The van der Waals surface area contributed by atoms with Gasteiger partial charge in [0.2, 0.25) is 0 Å². The third-order valence-electron chi connectivity index (χ3n) is 3.36. The van der Waals surface area contributed by atoms with E-state index >= 15 is 0 Å². The van der Waals surface area contributed by atoms with Gasteiger partial charge in [0.05, 0.1) is 16.8 Å². The molecule has 152 valence electrons. The summed E-state index contributed by atoms with van der Waals surface area (Å²) in [6, 6.07) is 2.46. The lowest BCUT2D eigenvalue weighted by atomic mass is 10.2. The lowest BCUT2D eigenvalue weighted by Gasteiger charge is -2.08. The first kappa shape index (κ1) is 22.1. The monoisotopic (exact) mass is 432 g/mol. The molecule has 0 saturated carbocycles. The summed E-state index contributed by atoms with van der Waals surface area (Å²) < 4.78 is 56.8. The van der Waals surface area contributed by atoms with Crippen LogP contribution in [0.1, 0.15) is 18.2 Å². The molecule has 2 aromatic heterocycles. The van der Waals surface area contributed by atoms with E-state index in [2.05, 4.69) is 24.0 Å². The molecule has 12 heteroatoms. The first-order valence-electron chi connectivity index (χ1n) is 7.96. The van der Waals surface area contributed by atoms with Gasteiger partial charge in [-0.15, -0.1) is 11.8 Å². The van der Waals surface area contributed by atoms with Crippen molar-refractivity contribution in [2.45, 2.75) is 18.0 Å². The Morgan fingerprint density at radius 2 is 2.04 bits per heavy atom. The maximum Gasteiger partial charge on any atom is 0.433 e. The SMILES string of the molecule is CCSc1cc(N=S(C)(=O)NC)cnc1N=Cc1cnc(C(F)(F)F)cc1N. The Morgan fingerprint density at radius 3 is 2.61 bits per heavy atom. The fourth-order valence-corrected chi connectivity index (χ4v) is 3.30. The van der Waals surface area contributed by atoms with Crippen molar-refractivity contribution in [3.63, 3.8) is 0 Å². The molecule has 28 heavy (non-hydrogen) atoms. The molecule has 0 aliphatic carbocycles. The van der Waals surface area contributed by atoms with E-state index in [0.29, 0.717) is 16.4 Å². The number of rotatable bonds is 6. The van der Waals surface area contributed by atoms with Crippen LogP contribution in [-0.2, 0) is 16.1 Å². The fraction of sp³-hybridized carbons (Fsp3) is 0.312. The number of pyridine rings is 2. The van der Waals surface area contributed by atoms with E-state index < -0.39 is 21.8 Å². The minimum absolute atomic E-state index is 0.0952. The van der Waals surface area contributed by atoms with E-state index in [-0.39, 0.29) is 11.3 Å². The summed E-state index contributed by atoms with van der Waals surface area (Å²) in [7, 11) is -1.03. The average Bonchev–Trinajstić information content (AvgIpc) is 2.61. The average molecular weight is 432 g/mol. The van der Waals surface area contributed by atoms with E-state index in [1.165, 1.54) is 30.4 Å². The summed E-state index contributed by atoms with van der Waals surface area (Å²) in [5, 5.41) is 0. The van der Waals surface area contributed by atoms with Gasteiger partial charge in [-0.25, -0.2) is 18.9 Å². The number of nitrogens with one attached hydrogen (secondary N) is 1. The van der Waals surface area contributed by atoms with Gasteiger partial charge in [-0.2, -0.15) is 17.5 Å². The third kappa shape index (κ3) is 5.91. The number of aliphatic imine (C=N–C) groups is 1. The van der Waals surface area contributed by atoms with Crippen LogP contribution < -0.4 is 10.5 Å². The van der Waals surface area contributed by atoms with Crippen LogP contribution in [0.3, 0.4) is 0 Å². The Labute approximate surface area is 165 Å². The summed E-state index contributed by atoms with van der Waals surface area (Å²) in [5.74, 6) is 1.07. The fourth-order valence-electron chi connectivity index (χ4n) is 1.96. The highest BCUT2D eigenvalue weighted by atomic mass is 32.2. The minimum Gasteiger partial charge on any atom is -0.398 e. The highest BCUT2D eigenvalue weighted by Gasteiger charge is 2.32. The summed E-state index contributed by atoms with van der Waals surface area (Å²) >= 11 is 1.45. The van der Waals surface area contributed by atoms with Crippen LogP contribution in [-0.4, -0.2) is 39.4 Å². The summed E-state index contributed by atoms with van der Waals surface area (Å²) in [6.07, 6.45) is 0.628. The first-order valence-corrected chi connectivity index (χ1v) is 10.9. The summed E-state index contributed by atoms with van der Waals surface area (Å²) in [6.45, 7) is 1.94. The normalized spacial score (nSPS) is 14.2. The Balaban J connectivity index is 2.38. The van der Waals surface area contributed by atoms with Crippen LogP contribution in [0.5, 0.6) is 0 Å². The molecule has 0 aliphatic heterocycles. The molecule has 0 aliphatic rings. The van der Waals surface area contributed by atoms with Crippen LogP contribution in [0.15, 0.2) is 38.8 Å². The number of nitrogens with zero attached hydrogens (tertiary/aromatic N) is 4. The number of hydrogen-bond donors (Lipinski definition) is 2. The molecule has 3 N–H and O–H groups in total. The zero-order valence-corrected chi connectivity index (χ0v) is 17.0. The molecule has 0 bridgehead atoms. The third-order valence-corrected chi connectivity index (χ3v) is 5.58. The van der Waals surface area contributed by atoms with Crippen molar-refractivity contribution in [2.75, 3.05) is 24.8 Å². The Kier molecular flexibility index (Phi) is 7.01. The minimum atomic E-state index is -4.57. The van der Waals surface area contributed by atoms with Gasteiger partial charge in [0, 0.05) is 29.9 Å². The van der Waals surface area contributed by atoms with Gasteiger partial charge in [0.1, 0.15) is 15.6 Å². The molecule has 1 unspecified atom stereocenters. The van der Waals surface area contributed by atoms with Gasteiger partial charge >= 0.3 is 6.18 Å². The van der Waals surface area contributed by atoms with Gasteiger partial charge in [0.25, 0.3) is 0 Å². The molecular formula is C16H19F3N6OS2. The second kappa shape index (κ2) is 8.88. The Bertz CT molecular complexity index is 1000. The van der Waals surface area contributed by atoms with E-state index in [4.69, 9.17) is 5.73 Å². The number of hydrogen-bond acceptors (Lipinski definition) is 7. The van der Waals surface area contributed by atoms with Crippen molar-refractivity contribution in [3.8, 4) is 0 Å². The quantitative estimate of drug-likeness (QED) is 0.533. The van der Waals surface area contributed by atoms with Crippen molar-refractivity contribution in [1.82, 2.24) is 14.7 Å². The zero-order valence-electron chi connectivity index (χ0n) is 15.3. The second-order valence-electron chi connectivity index (χ2n) is 5.50. The summed E-state index contributed by atoms with van der Waals surface area (Å²) in [4.78, 5) is 12.5. The van der Waals surface area contributed by atoms with Gasteiger partial charge in [-0.05, 0) is 24.9 Å². The maximum absolute atomic E-state index is 12.7. The van der Waals surface area contributed by atoms with Gasteiger partial charge in [-0.3, -0.25) is 4.98 Å². The van der Waals surface area contributed by atoms with E-state index in [1.54, 1.807) is 13.1 Å². The van der Waals surface area contributed by atoms with Crippen LogP contribution in [0.2, 0.25) is 0 Å². The number of anilines is 1. The maximum atomic E-state index is 12.7. The van der Waals surface area contributed by atoms with E-state index in [1.807, 2.05) is 6.92 Å². The van der Waals surface area contributed by atoms with Gasteiger partial charge < -0.3 is 5.73 Å². The van der Waals surface area contributed by atoms with E-state index in [0.717, 1.165) is 18.0 Å². The predicted octanol–water partition coefficient (Wildman–Crippen LogP) is 3.80. The molecule has 2 aromatic rings. The molecule has 2 heterocycles. The molecule has 2 rings (SSSR count). The molecule has 0 saturated heterocycles. The number of aromatic nitrogens is 2. The van der Waals surface area contributed by atoms with Crippen LogP contribution in [0.4, 0.5) is 30.4 Å². The second-order valence-corrected chi connectivity index (χ2v) is 9.00. The predicted molar refractivity (Wildman–Crippen MR) is 107 cm³/mol. The molecule has 7 nitrogen and oxygen atoms in total. The van der Waals surface area contributed by atoms with Crippen LogP contribution >= 0.6 is 11.8 Å². The van der Waals surface area contributed by atoms with Crippen molar-refractivity contribution >= 4 is 45.1 Å². The highest BCUT2D eigenvalue weighted by Crippen LogP contribution is 2.32. The number of nitrogen functional groups attached to an aromatic ring is 1. The van der Waals surface area contributed by atoms with Crippen LogP contribution in [0.25, 0.3) is 0 Å². The van der Waals surface area contributed by atoms with Crippen molar-refractivity contribution in [1.29, 1.82) is 0 Å². The number of halogens is 3. The summed E-state index contributed by atoms with van der Waals surface area (Å²) in [5.41, 5.74) is 5.18. The van der Waals surface area contributed by atoms with Gasteiger partial charge in [0.15, 0.2) is 5.82 Å². The topological polar surface area (TPSA) is 106 Å². The zero-order chi connectivity index (χ0) is 20.9. The Hall–Kier alpha value is -2.18. The largest absolute Gasteiger partial charge is 0.433 e. The smallest absolute Gasteiger partial charge is 0.398 e. The standard InChI is InChI=1S/C16H19F3N6OS2/c1-4-27-13-5-11(25-28(3,26)21-2)9-24-15(13)23-8-10-7-22-14(6-12(10)20)16(17,18)19/h5-9H,4H2,1-3H3,(H2,20,22)(H,21,25,26). The lowest BCUT2D eigenvalue weighted by molar-refractivity contribution is -0.141. The van der Waals surface area contributed by atoms with Crippen LogP contribution in [0, 0.1) is 0 Å². The molecule has 0 amide bonds. The first-order chi connectivity index (χ1) is 13.1.